The number of nitrogens with one attached hydrogen (secondary N) is 1. The van der Waals surface area contributed by atoms with Gasteiger partial charge in [0.1, 0.15) is 0 Å². The minimum Gasteiger partial charge on any atom is -0.465 e. The molecular formula is C22H24N2O4. The minimum absolute atomic E-state index is 0.0246. The predicted molar refractivity (Wildman–Crippen MR) is 106 cm³/mol. The molecule has 1 atom stereocenters. The molecule has 146 valence electrons. The van der Waals surface area contributed by atoms with E-state index in [1.54, 1.807) is 29.2 Å². The number of rotatable bonds is 6. The number of amides is 2. The largest absolute Gasteiger partial charge is 0.465 e. The van der Waals surface area contributed by atoms with E-state index in [0.717, 1.165) is 23.2 Å². The Kier molecular flexibility index (Phi) is 6.09. The Balaban J connectivity index is 1.60. The molecule has 2 aromatic rings. The molecule has 1 fully saturated rings. The highest BCUT2D eigenvalue weighted by Gasteiger charge is 2.35. The zero-order valence-electron chi connectivity index (χ0n) is 16.1. The van der Waals surface area contributed by atoms with E-state index in [-0.39, 0.29) is 24.2 Å². The lowest BCUT2D eigenvalue weighted by atomic mass is 10.1. The summed E-state index contributed by atoms with van der Waals surface area (Å²) in [7, 11) is 1.33. The molecule has 1 unspecified atom stereocenters. The molecule has 2 aromatic carbocycles. The molecule has 0 spiro atoms. The van der Waals surface area contributed by atoms with Crippen molar-refractivity contribution in [2.45, 2.75) is 26.3 Å². The smallest absolute Gasteiger partial charge is 0.337 e. The van der Waals surface area contributed by atoms with E-state index in [2.05, 4.69) is 17.0 Å². The molecule has 0 bridgehead atoms. The third-order valence-corrected chi connectivity index (χ3v) is 5.00. The molecule has 0 aliphatic carbocycles. The zero-order valence-corrected chi connectivity index (χ0v) is 16.1. The molecule has 1 aliphatic rings. The van der Waals surface area contributed by atoms with E-state index < -0.39 is 5.97 Å². The standard InChI is InChI=1S/C22H24N2O4/c1-3-16-6-4-5-7-19(16)24-14-18(12-20(24)25)21(26)23-13-15-8-10-17(11-9-15)22(27)28-2/h4-11,18H,3,12-14H2,1-2H3,(H,23,26). The van der Waals surface area contributed by atoms with Gasteiger partial charge >= 0.3 is 5.97 Å². The molecule has 0 aromatic heterocycles. The second-order valence-corrected chi connectivity index (χ2v) is 6.79. The number of carbonyl (C=O) groups is 3. The van der Waals surface area contributed by atoms with Gasteiger partial charge in [-0.1, -0.05) is 37.3 Å². The number of aryl methyl sites for hydroxylation is 1. The number of hydrogen-bond acceptors (Lipinski definition) is 4. The van der Waals surface area contributed by atoms with Crippen molar-refractivity contribution in [3.8, 4) is 0 Å². The van der Waals surface area contributed by atoms with Gasteiger partial charge in [0.05, 0.1) is 18.6 Å². The lowest BCUT2D eigenvalue weighted by Gasteiger charge is -2.20. The molecule has 1 heterocycles. The van der Waals surface area contributed by atoms with Crippen LogP contribution in [0.1, 0.15) is 34.8 Å². The maximum Gasteiger partial charge on any atom is 0.337 e. The Labute approximate surface area is 164 Å². The van der Waals surface area contributed by atoms with Gasteiger partial charge < -0.3 is 15.0 Å². The van der Waals surface area contributed by atoms with Crippen molar-refractivity contribution in [1.82, 2.24) is 5.32 Å². The summed E-state index contributed by atoms with van der Waals surface area (Å²) in [5, 5.41) is 2.89. The van der Waals surface area contributed by atoms with Crippen molar-refractivity contribution < 1.29 is 19.1 Å². The van der Waals surface area contributed by atoms with Crippen molar-refractivity contribution in [2.75, 3.05) is 18.6 Å². The predicted octanol–water partition coefficient (Wildman–Crippen LogP) is 2.70. The maximum atomic E-state index is 12.6. The average molecular weight is 380 g/mol. The SMILES string of the molecule is CCc1ccccc1N1CC(C(=O)NCc2ccc(C(=O)OC)cc2)CC1=O. The van der Waals surface area contributed by atoms with Crippen molar-refractivity contribution in [3.63, 3.8) is 0 Å². The van der Waals surface area contributed by atoms with Crippen LogP contribution < -0.4 is 10.2 Å². The lowest BCUT2D eigenvalue weighted by Crippen LogP contribution is -2.32. The first-order chi connectivity index (χ1) is 13.5. The second-order valence-electron chi connectivity index (χ2n) is 6.79. The number of hydrogen-bond donors (Lipinski definition) is 1. The summed E-state index contributed by atoms with van der Waals surface area (Å²) < 4.78 is 4.67. The molecule has 0 saturated carbocycles. The number of nitrogens with zero attached hydrogens (tertiary/aromatic N) is 1. The van der Waals surface area contributed by atoms with Crippen molar-refractivity contribution in [3.05, 3.63) is 65.2 Å². The molecule has 0 radical (unpaired) electrons. The van der Waals surface area contributed by atoms with Crippen LogP contribution in [0.15, 0.2) is 48.5 Å². The molecule has 1 saturated heterocycles. The zero-order chi connectivity index (χ0) is 20.1. The third-order valence-electron chi connectivity index (χ3n) is 5.00. The van der Waals surface area contributed by atoms with Crippen LogP contribution in [0.5, 0.6) is 0 Å². The molecule has 6 heteroatoms. The Morgan fingerprint density at radius 3 is 2.54 bits per heavy atom. The summed E-state index contributed by atoms with van der Waals surface area (Å²) in [6.45, 7) is 2.79. The highest BCUT2D eigenvalue weighted by Crippen LogP contribution is 2.28. The fourth-order valence-electron chi connectivity index (χ4n) is 3.40. The first kappa shape index (κ1) is 19.6. The third kappa shape index (κ3) is 4.22. The number of para-hydroxylation sites is 1. The lowest BCUT2D eigenvalue weighted by molar-refractivity contribution is -0.126. The van der Waals surface area contributed by atoms with Crippen LogP contribution in [0.25, 0.3) is 0 Å². The fourth-order valence-corrected chi connectivity index (χ4v) is 3.40. The number of methoxy groups -OCH3 is 1. The highest BCUT2D eigenvalue weighted by molar-refractivity contribution is 6.00. The topological polar surface area (TPSA) is 75.7 Å². The highest BCUT2D eigenvalue weighted by atomic mass is 16.5. The number of benzene rings is 2. The van der Waals surface area contributed by atoms with Gasteiger partial charge in [-0.3, -0.25) is 9.59 Å². The fraction of sp³-hybridized carbons (Fsp3) is 0.318. The van der Waals surface area contributed by atoms with Gasteiger partial charge in [0.2, 0.25) is 11.8 Å². The van der Waals surface area contributed by atoms with Crippen LogP contribution in [-0.2, 0) is 27.3 Å². The van der Waals surface area contributed by atoms with Crippen LogP contribution >= 0.6 is 0 Å². The van der Waals surface area contributed by atoms with E-state index >= 15 is 0 Å². The first-order valence-corrected chi connectivity index (χ1v) is 9.36. The normalized spacial score (nSPS) is 16.1. The molecule has 3 rings (SSSR count). The average Bonchev–Trinajstić information content (AvgIpc) is 3.13. The Morgan fingerprint density at radius 1 is 1.14 bits per heavy atom. The van der Waals surface area contributed by atoms with Crippen LogP contribution in [0.2, 0.25) is 0 Å². The second kappa shape index (κ2) is 8.69. The van der Waals surface area contributed by atoms with Gasteiger partial charge in [0, 0.05) is 25.2 Å². The molecule has 2 amide bonds. The Morgan fingerprint density at radius 2 is 1.86 bits per heavy atom. The number of anilines is 1. The van der Waals surface area contributed by atoms with Crippen molar-refractivity contribution >= 4 is 23.5 Å². The first-order valence-electron chi connectivity index (χ1n) is 9.36. The van der Waals surface area contributed by atoms with Crippen LogP contribution in [-0.4, -0.2) is 31.4 Å². The van der Waals surface area contributed by atoms with Gasteiger partial charge in [-0.15, -0.1) is 0 Å². The van der Waals surface area contributed by atoms with Crippen molar-refractivity contribution in [1.29, 1.82) is 0 Å². The summed E-state index contributed by atoms with van der Waals surface area (Å²) in [6, 6.07) is 14.7. The number of esters is 1. The Bertz CT molecular complexity index is 876. The van der Waals surface area contributed by atoms with Crippen LogP contribution in [0, 0.1) is 5.92 Å². The van der Waals surface area contributed by atoms with Crippen molar-refractivity contribution in [2.24, 2.45) is 5.92 Å². The monoisotopic (exact) mass is 380 g/mol. The molecule has 1 aliphatic heterocycles. The summed E-state index contributed by atoms with van der Waals surface area (Å²) in [5.41, 5.74) is 3.33. The van der Waals surface area contributed by atoms with Gasteiger partial charge in [0.15, 0.2) is 0 Å². The van der Waals surface area contributed by atoms with E-state index in [0.29, 0.717) is 18.7 Å². The Hall–Kier alpha value is -3.15. The summed E-state index contributed by atoms with van der Waals surface area (Å²) in [4.78, 5) is 38.2. The van der Waals surface area contributed by atoms with E-state index in [9.17, 15) is 14.4 Å². The maximum absolute atomic E-state index is 12.6. The minimum atomic E-state index is -0.396. The van der Waals surface area contributed by atoms with Crippen LogP contribution in [0.4, 0.5) is 5.69 Å². The van der Waals surface area contributed by atoms with Gasteiger partial charge in [-0.2, -0.15) is 0 Å². The van der Waals surface area contributed by atoms with Gasteiger partial charge in [-0.25, -0.2) is 4.79 Å². The van der Waals surface area contributed by atoms with E-state index in [1.165, 1.54) is 7.11 Å². The van der Waals surface area contributed by atoms with Crippen LogP contribution in [0.3, 0.4) is 0 Å². The summed E-state index contributed by atoms with van der Waals surface area (Å²) in [5.74, 6) is -0.926. The molecular weight excluding hydrogens is 356 g/mol. The number of carbonyl (C=O) groups excluding carboxylic acids is 3. The van der Waals surface area contributed by atoms with E-state index in [4.69, 9.17) is 0 Å². The van der Waals surface area contributed by atoms with Gasteiger partial charge in [-0.05, 0) is 35.7 Å². The molecule has 1 N–H and O–H groups in total. The van der Waals surface area contributed by atoms with Gasteiger partial charge in [0.25, 0.3) is 0 Å². The summed E-state index contributed by atoms with van der Waals surface area (Å²) in [6.07, 6.45) is 1.05. The number of ether oxygens (including phenoxy) is 1. The molecule has 28 heavy (non-hydrogen) atoms. The summed E-state index contributed by atoms with van der Waals surface area (Å²) >= 11 is 0. The van der Waals surface area contributed by atoms with E-state index in [1.807, 2.05) is 24.3 Å². The quantitative estimate of drug-likeness (QED) is 0.782. The molecule has 6 nitrogen and oxygen atoms in total.